The topological polar surface area (TPSA) is 92.5 Å². The van der Waals surface area contributed by atoms with Gasteiger partial charge in [0.2, 0.25) is 15.9 Å². The first kappa shape index (κ1) is 19.9. The molecule has 0 radical (unpaired) electrons. The van der Waals surface area contributed by atoms with Crippen LogP contribution in [0.15, 0.2) is 46.0 Å². The molecule has 0 atom stereocenters. The summed E-state index contributed by atoms with van der Waals surface area (Å²) in [6, 6.07) is 4.76. The highest BCUT2D eigenvalue weighted by Crippen LogP contribution is 2.31. The van der Waals surface area contributed by atoms with Crippen LogP contribution in [0, 0.1) is 0 Å². The molecule has 142 valence electrons. The number of nitrogens with one attached hydrogen (secondary N) is 1. The number of anilines is 1. The highest BCUT2D eigenvalue weighted by Gasteiger charge is 2.33. The molecule has 1 N–H and O–H groups in total. The highest BCUT2D eigenvalue weighted by atomic mass is 32.2. The van der Waals surface area contributed by atoms with Gasteiger partial charge in [-0.1, -0.05) is 18.1 Å². The number of aromatic nitrogens is 1. The molecule has 1 aromatic heterocycles. The van der Waals surface area contributed by atoms with Crippen molar-refractivity contribution in [2.75, 3.05) is 18.4 Å². The number of halogens is 3. The van der Waals surface area contributed by atoms with E-state index in [-0.39, 0.29) is 12.4 Å². The molecule has 7 nitrogen and oxygen atoms in total. The molecule has 0 aliphatic heterocycles. The van der Waals surface area contributed by atoms with Crippen molar-refractivity contribution in [3.63, 3.8) is 0 Å². The Hall–Kier alpha value is -2.40. The van der Waals surface area contributed by atoms with Gasteiger partial charge in [-0.2, -0.15) is 17.5 Å². The first-order valence-electron chi connectivity index (χ1n) is 7.52. The van der Waals surface area contributed by atoms with Crippen molar-refractivity contribution >= 4 is 21.7 Å². The molecule has 1 aromatic carbocycles. The van der Waals surface area contributed by atoms with Crippen molar-refractivity contribution in [3.05, 3.63) is 42.2 Å². The third kappa shape index (κ3) is 4.82. The van der Waals surface area contributed by atoms with Crippen molar-refractivity contribution in [3.8, 4) is 0 Å². The number of alkyl halides is 3. The number of hydrogen-bond acceptors (Lipinski definition) is 5. The average Bonchev–Trinajstić information content (AvgIpc) is 3.06. The van der Waals surface area contributed by atoms with E-state index in [4.69, 9.17) is 0 Å². The fourth-order valence-electron chi connectivity index (χ4n) is 2.14. The molecule has 0 fully saturated rings. The SMILES string of the molecule is CCCN(CC(=O)Nc1ccon1)S(=O)(=O)c1cccc(C(F)(F)F)c1. The van der Waals surface area contributed by atoms with E-state index in [1.807, 2.05) is 0 Å². The van der Waals surface area contributed by atoms with Gasteiger partial charge in [-0.05, 0) is 24.6 Å². The van der Waals surface area contributed by atoms with Gasteiger partial charge in [0, 0.05) is 12.6 Å². The Morgan fingerprint density at radius 3 is 2.62 bits per heavy atom. The number of carbonyl (C=O) groups is 1. The molecule has 0 saturated heterocycles. The summed E-state index contributed by atoms with van der Waals surface area (Å²) < 4.78 is 69.2. The Labute approximate surface area is 147 Å². The van der Waals surface area contributed by atoms with E-state index >= 15 is 0 Å². The van der Waals surface area contributed by atoms with Gasteiger partial charge in [0.25, 0.3) is 0 Å². The van der Waals surface area contributed by atoms with Crippen LogP contribution in [0.5, 0.6) is 0 Å². The molecule has 0 aliphatic carbocycles. The molecule has 0 bridgehead atoms. The van der Waals surface area contributed by atoms with E-state index in [1.54, 1.807) is 6.92 Å². The van der Waals surface area contributed by atoms with Gasteiger partial charge in [-0.15, -0.1) is 0 Å². The summed E-state index contributed by atoms with van der Waals surface area (Å²) in [6.07, 6.45) is -3.08. The fraction of sp³-hybridized carbons (Fsp3) is 0.333. The second-order valence-corrected chi connectivity index (χ2v) is 7.23. The Bertz CT molecular complexity index is 851. The largest absolute Gasteiger partial charge is 0.416 e. The lowest BCUT2D eigenvalue weighted by Crippen LogP contribution is -2.38. The molecular weight excluding hydrogens is 375 g/mol. The molecule has 0 saturated carbocycles. The average molecular weight is 391 g/mol. The molecule has 2 aromatic rings. The summed E-state index contributed by atoms with van der Waals surface area (Å²) in [6.45, 7) is 1.08. The minimum atomic E-state index is -4.68. The van der Waals surface area contributed by atoms with Crippen LogP contribution < -0.4 is 5.32 Å². The first-order valence-corrected chi connectivity index (χ1v) is 8.96. The summed E-state index contributed by atoms with van der Waals surface area (Å²) in [4.78, 5) is 11.5. The summed E-state index contributed by atoms with van der Waals surface area (Å²) >= 11 is 0. The maximum atomic E-state index is 12.8. The molecule has 0 spiro atoms. The summed E-state index contributed by atoms with van der Waals surface area (Å²) in [7, 11) is -4.29. The third-order valence-electron chi connectivity index (χ3n) is 3.30. The van der Waals surface area contributed by atoms with E-state index in [1.165, 1.54) is 12.3 Å². The summed E-state index contributed by atoms with van der Waals surface area (Å²) in [5.74, 6) is -0.592. The zero-order chi connectivity index (χ0) is 19.4. The first-order chi connectivity index (χ1) is 12.1. The lowest BCUT2D eigenvalue weighted by Gasteiger charge is -2.21. The quantitative estimate of drug-likeness (QED) is 0.784. The number of hydrogen-bond donors (Lipinski definition) is 1. The van der Waals surface area contributed by atoms with Crippen LogP contribution >= 0.6 is 0 Å². The normalized spacial score (nSPS) is 12.3. The van der Waals surface area contributed by atoms with Crippen molar-refractivity contribution in [1.29, 1.82) is 0 Å². The Morgan fingerprint density at radius 2 is 2.04 bits per heavy atom. The molecule has 1 amide bonds. The summed E-state index contributed by atoms with van der Waals surface area (Å²) in [5, 5.41) is 5.81. The molecular formula is C15H16F3N3O4S. The number of amides is 1. The van der Waals surface area contributed by atoms with Crippen molar-refractivity contribution in [2.24, 2.45) is 0 Å². The smallest absolute Gasteiger partial charge is 0.363 e. The zero-order valence-electron chi connectivity index (χ0n) is 13.7. The molecule has 26 heavy (non-hydrogen) atoms. The van der Waals surface area contributed by atoms with Crippen LogP contribution in [0.1, 0.15) is 18.9 Å². The van der Waals surface area contributed by atoms with Gasteiger partial charge >= 0.3 is 6.18 Å². The minimum absolute atomic E-state index is 0.0369. The second kappa shape index (κ2) is 7.87. The van der Waals surface area contributed by atoms with E-state index in [2.05, 4.69) is 15.0 Å². The maximum absolute atomic E-state index is 12.8. The van der Waals surface area contributed by atoms with E-state index in [9.17, 15) is 26.4 Å². The highest BCUT2D eigenvalue weighted by molar-refractivity contribution is 7.89. The molecule has 1 heterocycles. The van der Waals surface area contributed by atoms with E-state index in [0.29, 0.717) is 12.5 Å². The fourth-order valence-corrected chi connectivity index (χ4v) is 3.67. The Morgan fingerprint density at radius 1 is 1.31 bits per heavy atom. The van der Waals surface area contributed by atoms with Crippen LogP contribution in [0.4, 0.5) is 19.0 Å². The number of rotatable bonds is 7. The van der Waals surface area contributed by atoms with E-state index in [0.717, 1.165) is 22.5 Å². The van der Waals surface area contributed by atoms with Gasteiger partial charge in [0.1, 0.15) is 6.26 Å². The van der Waals surface area contributed by atoms with Crippen molar-refractivity contribution in [2.45, 2.75) is 24.4 Å². The number of nitrogens with zero attached hydrogens (tertiary/aromatic N) is 2. The zero-order valence-corrected chi connectivity index (χ0v) is 14.5. The van der Waals surface area contributed by atoms with Gasteiger partial charge in [0.05, 0.1) is 17.0 Å². The van der Waals surface area contributed by atoms with Crippen LogP contribution in [-0.2, 0) is 21.0 Å². The number of benzene rings is 1. The predicted octanol–water partition coefficient (Wildman–Crippen LogP) is 2.73. The van der Waals surface area contributed by atoms with Gasteiger partial charge < -0.3 is 9.84 Å². The molecule has 2 rings (SSSR count). The van der Waals surface area contributed by atoms with Crippen molar-refractivity contribution in [1.82, 2.24) is 9.46 Å². The molecule has 11 heteroatoms. The predicted molar refractivity (Wildman–Crippen MR) is 85.6 cm³/mol. The van der Waals surface area contributed by atoms with Gasteiger partial charge in [-0.3, -0.25) is 4.79 Å². The lowest BCUT2D eigenvalue weighted by molar-refractivity contribution is -0.137. The standard InChI is InChI=1S/C15H16F3N3O4S/c1-2-7-21(10-14(22)19-13-6-8-25-20-13)26(23,24)12-5-3-4-11(9-12)15(16,17)18/h3-6,8-9H,2,7,10H2,1H3,(H,19,20,22). The van der Waals surface area contributed by atoms with Crippen LogP contribution in [-0.4, -0.2) is 36.9 Å². The summed E-state index contributed by atoms with van der Waals surface area (Å²) in [5.41, 5.74) is -1.08. The van der Waals surface area contributed by atoms with Gasteiger partial charge in [-0.25, -0.2) is 8.42 Å². The Kier molecular flexibility index (Phi) is 6.03. The molecule has 0 unspecified atom stereocenters. The Balaban J connectivity index is 2.25. The number of carbonyl (C=O) groups excluding carboxylic acids is 1. The maximum Gasteiger partial charge on any atom is 0.416 e. The van der Waals surface area contributed by atoms with Crippen LogP contribution in [0.3, 0.4) is 0 Å². The van der Waals surface area contributed by atoms with Crippen molar-refractivity contribution < 1.29 is 30.9 Å². The van der Waals surface area contributed by atoms with Crippen LogP contribution in [0.2, 0.25) is 0 Å². The number of sulfonamides is 1. The molecule has 0 aliphatic rings. The second-order valence-electron chi connectivity index (χ2n) is 5.30. The van der Waals surface area contributed by atoms with Gasteiger partial charge in [0.15, 0.2) is 5.82 Å². The minimum Gasteiger partial charge on any atom is -0.363 e. The van der Waals surface area contributed by atoms with Crippen LogP contribution in [0.25, 0.3) is 0 Å². The lowest BCUT2D eigenvalue weighted by atomic mass is 10.2. The monoisotopic (exact) mass is 391 g/mol. The third-order valence-corrected chi connectivity index (χ3v) is 5.14. The van der Waals surface area contributed by atoms with E-state index < -0.39 is 39.1 Å².